The maximum absolute atomic E-state index is 5.36. The Kier molecular flexibility index (Phi) is 17.3. The molecule has 2 nitrogen and oxygen atoms in total. The molecule has 0 saturated carbocycles. The zero-order valence-electron chi connectivity index (χ0n) is 31.8. The monoisotopic (exact) mass is 652 g/mol. The smallest absolute Gasteiger partial charge is 0.0236 e. The second-order valence-corrected chi connectivity index (χ2v) is 14.9. The summed E-state index contributed by atoms with van der Waals surface area (Å²) in [5.74, 6) is 1.20. The van der Waals surface area contributed by atoms with Gasteiger partial charge < -0.3 is 11.5 Å². The van der Waals surface area contributed by atoms with Crippen LogP contribution in [-0.2, 0) is 11.8 Å². The van der Waals surface area contributed by atoms with Crippen molar-refractivity contribution in [2.45, 2.75) is 106 Å². The number of allylic oxidation sites excluding steroid dienone is 6. The van der Waals surface area contributed by atoms with Crippen molar-refractivity contribution in [2.24, 2.45) is 22.8 Å². The number of hydrogen-bond donors (Lipinski definition) is 2. The molecule has 0 bridgehead atoms. The third-order valence-electron chi connectivity index (χ3n) is 9.02. The highest BCUT2D eigenvalue weighted by atomic mass is 32.2. The predicted octanol–water partition coefficient (Wildman–Crippen LogP) is 12.5. The molecular weight excluding hydrogens is 589 g/mol. The lowest BCUT2D eigenvalue weighted by atomic mass is 9.76. The van der Waals surface area contributed by atoms with Crippen molar-refractivity contribution in [1.82, 2.24) is 0 Å². The van der Waals surface area contributed by atoms with Crippen LogP contribution in [-0.4, -0.2) is 7.05 Å². The number of nitrogens with two attached hydrogens (primary N) is 2. The molecule has 0 fully saturated rings. The van der Waals surface area contributed by atoms with Crippen molar-refractivity contribution in [3.63, 3.8) is 0 Å². The molecule has 3 aromatic rings. The molecule has 0 saturated heterocycles. The van der Waals surface area contributed by atoms with Crippen LogP contribution in [0, 0.1) is 18.3 Å². The Morgan fingerprint density at radius 2 is 1.45 bits per heavy atom. The molecule has 1 aliphatic rings. The van der Waals surface area contributed by atoms with E-state index >= 15 is 0 Å². The van der Waals surface area contributed by atoms with E-state index in [2.05, 4.69) is 160 Å². The summed E-state index contributed by atoms with van der Waals surface area (Å²) in [7, 11) is 1.50. The van der Waals surface area contributed by atoms with Gasteiger partial charge in [0, 0.05) is 16.7 Å². The molecule has 0 spiro atoms. The van der Waals surface area contributed by atoms with Crippen LogP contribution >= 0.6 is 11.8 Å². The van der Waals surface area contributed by atoms with E-state index in [4.69, 9.17) is 5.73 Å². The highest BCUT2D eigenvalue weighted by molar-refractivity contribution is 8.03. The molecule has 0 aromatic heterocycles. The first-order valence-electron chi connectivity index (χ1n) is 17.2. The molecular formula is C44H64N2S. The molecule has 4 N–H and O–H groups in total. The Balaban J connectivity index is 0.000000472. The second kappa shape index (κ2) is 19.5. The summed E-state index contributed by atoms with van der Waals surface area (Å²) in [5, 5.41) is 0. The average Bonchev–Trinajstić information content (AvgIpc) is 3.48. The summed E-state index contributed by atoms with van der Waals surface area (Å²) < 4.78 is 0. The first-order valence-corrected chi connectivity index (χ1v) is 18.0. The Bertz CT molecular complexity index is 1500. The number of benzene rings is 3. The van der Waals surface area contributed by atoms with Crippen molar-refractivity contribution in [2.75, 3.05) is 7.05 Å². The molecule has 47 heavy (non-hydrogen) atoms. The van der Waals surface area contributed by atoms with Gasteiger partial charge >= 0.3 is 0 Å². The van der Waals surface area contributed by atoms with E-state index in [1.807, 2.05) is 31.7 Å². The van der Waals surface area contributed by atoms with E-state index < -0.39 is 0 Å². The minimum Gasteiger partial charge on any atom is -0.405 e. The van der Waals surface area contributed by atoms with Gasteiger partial charge in [0.1, 0.15) is 0 Å². The fourth-order valence-electron chi connectivity index (χ4n) is 5.30. The minimum atomic E-state index is 0.0465. The van der Waals surface area contributed by atoms with Crippen molar-refractivity contribution in [3.05, 3.63) is 136 Å². The largest absolute Gasteiger partial charge is 0.405 e. The maximum atomic E-state index is 5.36. The van der Waals surface area contributed by atoms with Crippen LogP contribution in [0.15, 0.2) is 119 Å². The molecule has 0 amide bonds. The second-order valence-electron chi connectivity index (χ2n) is 13.7. The van der Waals surface area contributed by atoms with Crippen LogP contribution in [0.1, 0.15) is 104 Å². The Labute approximate surface area is 293 Å². The van der Waals surface area contributed by atoms with Gasteiger partial charge in [0.2, 0.25) is 0 Å². The number of aryl methyl sites for hydroxylation is 1. The fourth-order valence-corrected chi connectivity index (χ4v) is 6.59. The Hall–Kier alpha value is -3.27. The lowest BCUT2D eigenvalue weighted by Crippen LogP contribution is -2.20. The number of rotatable bonds is 7. The molecule has 3 aromatic carbocycles. The lowest BCUT2D eigenvalue weighted by molar-refractivity contribution is 0.518. The van der Waals surface area contributed by atoms with E-state index in [-0.39, 0.29) is 10.8 Å². The first kappa shape index (κ1) is 41.8. The van der Waals surface area contributed by atoms with Crippen molar-refractivity contribution >= 4 is 11.8 Å². The molecule has 1 aliphatic heterocycles. The van der Waals surface area contributed by atoms with Gasteiger partial charge in [0.05, 0.1) is 0 Å². The van der Waals surface area contributed by atoms with Crippen LogP contribution in [0.3, 0.4) is 0 Å². The fraction of sp³-hybridized carbons (Fsp3) is 0.409. The van der Waals surface area contributed by atoms with Gasteiger partial charge in [-0.1, -0.05) is 166 Å². The van der Waals surface area contributed by atoms with Crippen molar-refractivity contribution in [1.29, 1.82) is 0 Å². The normalized spacial score (nSPS) is 14.4. The van der Waals surface area contributed by atoms with Crippen LogP contribution in [0.5, 0.6) is 0 Å². The Morgan fingerprint density at radius 1 is 0.872 bits per heavy atom. The summed E-state index contributed by atoms with van der Waals surface area (Å²) in [6, 6.07) is 24.0. The van der Waals surface area contributed by atoms with Crippen LogP contribution in [0.25, 0.3) is 11.1 Å². The summed E-state index contributed by atoms with van der Waals surface area (Å²) in [6.45, 7) is 30.8. The third-order valence-corrected chi connectivity index (χ3v) is 10.2. The summed E-state index contributed by atoms with van der Waals surface area (Å²) in [6.07, 6.45) is 8.88. The van der Waals surface area contributed by atoms with E-state index in [9.17, 15) is 0 Å². The van der Waals surface area contributed by atoms with Crippen LogP contribution in [0.4, 0.5) is 0 Å². The number of fused-ring (bicyclic) bond motifs is 1. The summed E-state index contributed by atoms with van der Waals surface area (Å²) in [4.78, 5) is 2.87. The Morgan fingerprint density at radius 3 is 1.98 bits per heavy atom. The topological polar surface area (TPSA) is 52.0 Å². The van der Waals surface area contributed by atoms with E-state index in [1.165, 1.54) is 61.4 Å². The zero-order chi connectivity index (χ0) is 35.9. The molecule has 4 rings (SSSR count). The van der Waals surface area contributed by atoms with Crippen LogP contribution < -0.4 is 11.5 Å². The standard InChI is InChI=1S/C26H32S.C15H21N.C2H6.CH5N/c1-17(2)19(4)22-13-14-23(20-11-9-8-10-12-20)25-24(22)16-21(27-25)15-18(3)26(5,6)7;1-12-8-5-6-10-14(12)15(3,4)13(2)9-7-11-16;2*1-2/h8-15,17,19H,3,16H2,1-2,4-7H3;5-11H,16H2,1-4H3;1-2H3;2H2,1H3/b21-15+;11-7-,13-9+;;. The van der Waals surface area contributed by atoms with Crippen molar-refractivity contribution in [3.8, 4) is 11.1 Å². The third kappa shape index (κ3) is 11.4. The van der Waals surface area contributed by atoms with E-state index in [0.29, 0.717) is 11.8 Å². The maximum Gasteiger partial charge on any atom is 0.0236 e. The van der Waals surface area contributed by atoms with Gasteiger partial charge in [0.15, 0.2) is 0 Å². The van der Waals surface area contributed by atoms with E-state index in [1.54, 1.807) is 6.20 Å². The predicted molar refractivity (Wildman–Crippen MR) is 214 cm³/mol. The van der Waals surface area contributed by atoms with Gasteiger partial charge in [-0.15, -0.1) is 0 Å². The zero-order valence-corrected chi connectivity index (χ0v) is 32.6. The molecule has 1 unspecified atom stereocenters. The summed E-state index contributed by atoms with van der Waals surface area (Å²) in [5.41, 5.74) is 20.9. The number of thioether (sulfide) groups is 1. The molecule has 1 atom stereocenters. The van der Waals surface area contributed by atoms with Gasteiger partial charge in [0.25, 0.3) is 0 Å². The van der Waals surface area contributed by atoms with Crippen molar-refractivity contribution < 1.29 is 0 Å². The van der Waals surface area contributed by atoms with Gasteiger partial charge in [-0.3, -0.25) is 0 Å². The highest BCUT2D eigenvalue weighted by Gasteiger charge is 2.27. The van der Waals surface area contributed by atoms with Gasteiger partial charge in [-0.05, 0) is 100 Å². The van der Waals surface area contributed by atoms with Gasteiger partial charge in [-0.25, -0.2) is 0 Å². The molecule has 0 aliphatic carbocycles. The molecule has 0 radical (unpaired) electrons. The first-order chi connectivity index (χ1) is 22.2. The molecule has 3 heteroatoms. The molecule has 256 valence electrons. The average molecular weight is 653 g/mol. The number of hydrogen-bond acceptors (Lipinski definition) is 3. The highest BCUT2D eigenvalue weighted by Crippen LogP contribution is 2.49. The quantitative estimate of drug-likeness (QED) is 0.250. The SMILES string of the molecule is C/C(=C\C=C/N)C(C)(C)c1ccccc1C.C=C(/C=C1\Cc2c(C(C)C(C)C)ccc(-c3ccccc3)c2S1)C(C)(C)C.CC.CN. The van der Waals surface area contributed by atoms with Crippen LogP contribution in [0.2, 0.25) is 0 Å². The lowest BCUT2D eigenvalue weighted by Gasteiger charge is -2.28. The van der Waals surface area contributed by atoms with Gasteiger partial charge in [-0.2, -0.15) is 0 Å². The summed E-state index contributed by atoms with van der Waals surface area (Å²) >= 11 is 1.95. The molecule has 1 heterocycles. The van der Waals surface area contributed by atoms with E-state index in [0.717, 1.165) is 6.42 Å². The minimum absolute atomic E-state index is 0.0465.